The molecule has 23 heavy (non-hydrogen) atoms. The van der Waals surface area contributed by atoms with Gasteiger partial charge in [-0.25, -0.2) is 19.4 Å². The Morgan fingerprint density at radius 3 is 2.87 bits per heavy atom. The van der Waals surface area contributed by atoms with Crippen LogP contribution < -0.4 is 0 Å². The van der Waals surface area contributed by atoms with Crippen LogP contribution in [0.25, 0.3) is 16.5 Å². The molecule has 0 radical (unpaired) electrons. The van der Waals surface area contributed by atoms with Crippen LogP contribution in [0, 0.1) is 6.92 Å². The second kappa shape index (κ2) is 5.27. The van der Waals surface area contributed by atoms with Gasteiger partial charge in [-0.2, -0.15) is 5.10 Å². The number of carboxylic acid groups (broad SMARTS) is 1. The molecule has 0 aliphatic heterocycles. The molecule has 1 fully saturated rings. The second-order valence-corrected chi connectivity index (χ2v) is 6.56. The van der Waals surface area contributed by atoms with Crippen molar-refractivity contribution in [1.29, 1.82) is 0 Å². The van der Waals surface area contributed by atoms with Gasteiger partial charge in [0.05, 0.1) is 22.5 Å². The van der Waals surface area contributed by atoms with Crippen LogP contribution >= 0.6 is 11.3 Å². The molecule has 0 saturated heterocycles. The lowest BCUT2D eigenvalue weighted by Gasteiger charge is -2.09. The number of carboxylic acids is 1. The molecule has 1 N–H and O–H groups in total. The Bertz CT molecular complexity index is 882. The number of hydrogen-bond acceptors (Lipinski definition) is 5. The minimum Gasteiger partial charge on any atom is -0.478 e. The summed E-state index contributed by atoms with van der Waals surface area (Å²) in [6, 6.07) is 3.99. The fourth-order valence-electron chi connectivity index (χ4n) is 2.63. The standard InChI is InChI=1S/C16H14N4O2S/c1-9-7-17-16(19-13(9)12-3-2-6-23-12)20-14(10-4-5-10)11(8-18-20)15(21)22/h2-3,6-8,10H,4-5H2,1H3,(H,21,22). The van der Waals surface area contributed by atoms with E-state index in [0.29, 0.717) is 11.6 Å². The molecule has 0 aromatic carbocycles. The Kier molecular flexibility index (Phi) is 3.23. The van der Waals surface area contributed by atoms with E-state index in [1.165, 1.54) is 6.20 Å². The van der Waals surface area contributed by atoms with Crippen LogP contribution in [-0.2, 0) is 0 Å². The van der Waals surface area contributed by atoms with Gasteiger partial charge in [-0.15, -0.1) is 11.3 Å². The minimum absolute atomic E-state index is 0.235. The normalized spacial score (nSPS) is 14.1. The third-order valence-corrected chi connectivity index (χ3v) is 4.78. The van der Waals surface area contributed by atoms with Crippen molar-refractivity contribution in [3.8, 4) is 16.5 Å². The summed E-state index contributed by atoms with van der Waals surface area (Å²) < 4.78 is 1.58. The van der Waals surface area contributed by atoms with Crippen molar-refractivity contribution in [2.75, 3.05) is 0 Å². The van der Waals surface area contributed by atoms with Gasteiger partial charge in [-0.1, -0.05) is 6.07 Å². The van der Waals surface area contributed by atoms with Crippen LogP contribution in [-0.4, -0.2) is 30.8 Å². The zero-order valence-electron chi connectivity index (χ0n) is 12.4. The van der Waals surface area contributed by atoms with Gasteiger partial charge in [0.15, 0.2) is 0 Å². The third kappa shape index (κ3) is 2.43. The number of thiophene rings is 1. The van der Waals surface area contributed by atoms with E-state index in [1.807, 2.05) is 24.4 Å². The van der Waals surface area contributed by atoms with Gasteiger partial charge in [0, 0.05) is 12.1 Å². The summed E-state index contributed by atoms with van der Waals surface area (Å²) in [6.07, 6.45) is 5.12. The van der Waals surface area contributed by atoms with E-state index < -0.39 is 5.97 Å². The topological polar surface area (TPSA) is 80.9 Å². The van der Waals surface area contributed by atoms with Gasteiger partial charge in [-0.05, 0) is 36.8 Å². The molecule has 0 bridgehead atoms. The molecule has 0 spiro atoms. The molecular formula is C16H14N4O2S. The van der Waals surface area contributed by atoms with Crippen LogP contribution in [0.1, 0.15) is 40.4 Å². The lowest BCUT2D eigenvalue weighted by Crippen LogP contribution is -2.09. The summed E-state index contributed by atoms with van der Waals surface area (Å²) in [6.45, 7) is 1.96. The van der Waals surface area contributed by atoms with Gasteiger partial charge in [0.2, 0.25) is 0 Å². The van der Waals surface area contributed by atoms with Crippen LogP contribution in [0.5, 0.6) is 0 Å². The Morgan fingerprint density at radius 1 is 1.39 bits per heavy atom. The molecule has 3 aromatic rings. The Hall–Kier alpha value is -2.54. The monoisotopic (exact) mass is 326 g/mol. The predicted octanol–water partition coefficient (Wildman–Crippen LogP) is 3.27. The van der Waals surface area contributed by atoms with E-state index in [9.17, 15) is 9.90 Å². The lowest BCUT2D eigenvalue weighted by atomic mass is 10.2. The smallest absolute Gasteiger partial charge is 0.339 e. The summed E-state index contributed by atoms with van der Waals surface area (Å²) >= 11 is 1.61. The maximum atomic E-state index is 11.4. The zero-order valence-corrected chi connectivity index (χ0v) is 13.2. The highest BCUT2D eigenvalue weighted by molar-refractivity contribution is 7.13. The number of aromatic carboxylic acids is 1. The summed E-state index contributed by atoms with van der Waals surface area (Å²) in [4.78, 5) is 21.5. The minimum atomic E-state index is -0.955. The third-order valence-electron chi connectivity index (χ3n) is 3.90. The molecule has 4 rings (SSSR count). The van der Waals surface area contributed by atoms with Gasteiger partial charge in [0.25, 0.3) is 5.95 Å². The number of nitrogens with zero attached hydrogens (tertiary/aromatic N) is 4. The average Bonchev–Trinajstić information content (AvgIpc) is 3.06. The molecule has 0 amide bonds. The number of aryl methyl sites for hydroxylation is 1. The highest BCUT2D eigenvalue weighted by Crippen LogP contribution is 2.42. The largest absolute Gasteiger partial charge is 0.478 e. The van der Waals surface area contributed by atoms with Crippen molar-refractivity contribution in [3.63, 3.8) is 0 Å². The highest BCUT2D eigenvalue weighted by Gasteiger charge is 2.33. The van der Waals surface area contributed by atoms with Gasteiger partial charge >= 0.3 is 5.97 Å². The molecule has 1 saturated carbocycles. The molecule has 7 heteroatoms. The number of aromatic nitrogens is 4. The lowest BCUT2D eigenvalue weighted by molar-refractivity contribution is 0.0695. The molecule has 3 aromatic heterocycles. The van der Waals surface area contributed by atoms with Crippen molar-refractivity contribution < 1.29 is 9.90 Å². The van der Waals surface area contributed by atoms with E-state index in [2.05, 4.69) is 15.1 Å². The first-order chi connectivity index (χ1) is 11.1. The fourth-order valence-corrected chi connectivity index (χ4v) is 3.41. The molecule has 0 unspecified atom stereocenters. The van der Waals surface area contributed by atoms with Crippen molar-refractivity contribution in [2.45, 2.75) is 25.7 Å². The van der Waals surface area contributed by atoms with Crippen molar-refractivity contribution >= 4 is 17.3 Å². The molecule has 6 nitrogen and oxygen atoms in total. The Balaban J connectivity index is 1.86. The van der Waals surface area contributed by atoms with Gasteiger partial charge < -0.3 is 5.11 Å². The Labute approximate surface area is 136 Å². The number of rotatable bonds is 4. The summed E-state index contributed by atoms with van der Waals surface area (Å²) in [7, 11) is 0. The second-order valence-electron chi connectivity index (χ2n) is 5.61. The SMILES string of the molecule is Cc1cnc(-n2ncc(C(=O)O)c2C2CC2)nc1-c1cccs1. The maximum Gasteiger partial charge on any atom is 0.339 e. The van der Waals surface area contributed by atoms with E-state index in [4.69, 9.17) is 0 Å². The summed E-state index contributed by atoms with van der Waals surface area (Å²) in [5.74, 6) is -0.296. The van der Waals surface area contributed by atoms with Gasteiger partial charge in [-0.3, -0.25) is 0 Å². The Morgan fingerprint density at radius 2 is 2.22 bits per heavy atom. The molecule has 1 aliphatic rings. The van der Waals surface area contributed by atoms with Crippen LogP contribution in [0.4, 0.5) is 0 Å². The average molecular weight is 326 g/mol. The van der Waals surface area contributed by atoms with Gasteiger partial charge in [0.1, 0.15) is 5.56 Å². The predicted molar refractivity (Wildman–Crippen MR) is 86.1 cm³/mol. The molecular weight excluding hydrogens is 312 g/mol. The number of hydrogen-bond donors (Lipinski definition) is 1. The van der Waals surface area contributed by atoms with Crippen molar-refractivity contribution in [2.24, 2.45) is 0 Å². The van der Waals surface area contributed by atoms with E-state index in [0.717, 1.165) is 29.0 Å². The van der Waals surface area contributed by atoms with Crippen LogP contribution in [0.2, 0.25) is 0 Å². The molecule has 0 atom stereocenters. The summed E-state index contributed by atoms with van der Waals surface area (Å²) in [5, 5.41) is 15.6. The van der Waals surface area contributed by atoms with Crippen molar-refractivity contribution in [1.82, 2.24) is 19.7 Å². The fraction of sp³-hybridized carbons (Fsp3) is 0.250. The van der Waals surface area contributed by atoms with E-state index in [1.54, 1.807) is 22.2 Å². The first kappa shape index (κ1) is 14.1. The molecule has 116 valence electrons. The molecule has 3 heterocycles. The maximum absolute atomic E-state index is 11.4. The van der Waals surface area contributed by atoms with Crippen molar-refractivity contribution in [3.05, 3.63) is 46.7 Å². The van der Waals surface area contributed by atoms with Crippen LogP contribution in [0.15, 0.2) is 29.9 Å². The van der Waals surface area contributed by atoms with E-state index in [-0.39, 0.29) is 11.5 Å². The molecule has 1 aliphatic carbocycles. The summed E-state index contributed by atoms with van der Waals surface area (Å²) in [5.41, 5.74) is 2.79. The van der Waals surface area contributed by atoms with E-state index >= 15 is 0 Å². The highest BCUT2D eigenvalue weighted by atomic mass is 32.1. The number of carbonyl (C=O) groups is 1. The quantitative estimate of drug-likeness (QED) is 0.796. The zero-order chi connectivity index (χ0) is 16.0. The first-order valence-corrected chi connectivity index (χ1v) is 8.22. The van der Waals surface area contributed by atoms with Crippen LogP contribution in [0.3, 0.4) is 0 Å². The first-order valence-electron chi connectivity index (χ1n) is 7.34.